The van der Waals surface area contributed by atoms with Gasteiger partial charge in [0.25, 0.3) is 0 Å². The first kappa shape index (κ1) is 7.86. The van der Waals surface area contributed by atoms with Crippen LogP contribution in [0, 0.1) is 11.3 Å². The van der Waals surface area contributed by atoms with E-state index >= 15 is 0 Å². The first-order valence-corrected chi connectivity index (χ1v) is 3.82. The molecule has 0 unspecified atom stereocenters. The molecule has 1 aliphatic heterocycles. The lowest BCUT2D eigenvalue weighted by molar-refractivity contribution is 0.778. The molecule has 0 spiro atoms. The summed E-state index contributed by atoms with van der Waals surface area (Å²) in [6.07, 6.45) is 1.50. The van der Waals surface area contributed by atoms with Crippen LogP contribution in [0.25, 0.3) is 0 Å². The number of rotatable bonds is 3. The summed E-state index contributed by atoms with van der Waals surface area (Å²) < 4.78 is 0. The van der Waals surface area contributed by atoms with Crippen molar-refractivity contribution >= 4 is 5.96 Å². The van der Waals surface area contributed by atoms with Crippen molar-refractivity contribution in [2.24, 2.45) is 4.99 Å². The molecule has 0 atom stereocenters. The molecule has 1 rings (SSSR count). The highest BCUT2D eigenvalue weighted by Crippen LogP contribution is 1.85. The van der Waals surface area contributed by atoms with Gasteiger partial charge in [-0.1, -0.05) is 0 Å². The Labute approximate surface area is 66.3 Å². The van der Waals surface area contributed by atoms with E-state index in [4.69, 9.17) is 5.26 Å². The van der Waals surface area contributed by atoms with Gasteiger partial charge in [0.05, 0.1) is 12.6 Å². The molecule has 0 aliphatic carbocycles. The molecule has 4 heteroatoms. The second kappa shape index (κ2) is 4.56. The minimum absolute atomic E-state index is 0.611. The Morgan fingerprint density at radius 1 is 1.73 bits per heavy atom. The molecule has 1 heterocycles. The molecule has 4 nitrogen and oxygen atoms in total. The lowest BCUT2D eigenvalue weighted by atomic mass is 10.3. The van der Waals surface area contributed by atoms with Gasteiger partial charge in [0, 0.05) is 19.5 Å². The van der Waals surface area contributed by atoms with Crippen LogP contribution in [0.2, 0.25) is 0 Å². The van der Waals surface area contributed by atoms with Crippen molar-refractivity contribution in [1.82, 2.24) is 10.6 Å². The molecule has 1 aliphatic rings. The Morgan fingerprint density at radius 2 is 2.64 bits per heavy atom. The van der Waals surface area contributed by atoms with Gasteiger partial charge in [0.1, 0.15) is 0 Å². The summed E-state index contributed by atoms with van der Waals surface area (Å²) in [6, 6.07) is 2.09. The molecule has 2 N–H and O–H groups in total. The lowest BCUT2D eigenvalue weighted by Crippen LogP contribution is -2.34. The standard InChI is InChI=1S/C7H12N4/c8-3-1-2-4-9-7-10-5-6-11-7/h1-2,4-6H2,(H2,9,10,11). The van der Waals surface area contributed by atoms with Crippen LogP contribution in [-0.4, -0.2) is 25.6 Å². The van der Waals surface area contributed by atoms with Crippen LogP contribution in [0.4, 0.5) is 0 Å². The third kappa shape index (κ3) is 2.89. The first-order chi connectivity index (χ1) is 5.43. The number of nitrogens with one attached hydrogen (secondary N) is 2. The Kier molecular flexibility index (Phi) is 3.26. The molecule has 0 saturated carbocycles. The van der Waals surface area contributed by atoms with Crippen molar-refractivity contribution in [3.8, 4) is 6.07 Å². The van der Waals surface area contributed by atoms with Gasteiger partial charge < -0.3 is 10.6 Å². The van der Waals surface area contributed by atoms with E-state index < -0.39 is 0 Å². The van der Waals surface area contributed by atoms with E-state index in [1.807, 2.05) is 0 Å². The van der Waals surface area contributed by atoms with Crippen molar-refractivity contribution in [3.05, 3.63) is 0 Å². The lowest BCUT2D eigenvalue weighted by Gasteiger charge is -2.03. The van der Waals surface area contributed by atoms with Crippen molar-refractivity contribution in [2.75, 3.05) is 19.6 Å². The summed E-state index contributed by atoms with van der Waals surface area (Å²) in [4.78, 5) is 4.14. The van der Waals surface area contributed by atoms with Crippen LogP contribution in [0.15, 0.2) is 4.99 Å². The highest BCUT2D eigenvalue weighted by molar-refractivity contribution is 5.81. The third-order valence-corrected chi connectivity index (χ3v) is 1.43. The number of guanidine groups is 1. The molecule has 0 aromatic heterocycles. The monoisotopic (exact) mass is 152 g/mol. The molecule has 0 bridgehead atoms. The molecule has 60 valence electrons. The van der Waals surface area contributed by atoms with E-state index in [1.165, 1.54) is 0 Å². The van der Waals surface area contributed by atoms with Crippen LogP contribution in [0.3, 0.4) is 0 Å². The second-order valence-electron chi connectivity index (χ2n) is 2.35. The topological polar surface area (TPSA) is 60.2 Å². The van der Waals surface area contributed by atoms with Crippen LogP contribution >= 0.6 is 0 Å². The van der Waals surface area contributed by atoms with Crippen molar-refractivity contribution in [3.63, 3.8) is 0 Å². The summed E-state index contributed by atoms with van der Waals surface area (Å²) in [6.45, 7) is 2.63. The van der Waals surface area contributed by atoms with Gasteiger partial charge in [-0.05, 0) is 6.42 Å². The minimum atomic E-state index is 0.611. The van der Waals surface area contributed by atoms with Gasteiger partial charge in [0.15, 0.2) is 5.96 Å². The molecule has 0 radical (unpaired) electrons. The average Bonchev–Trinajstić information content (AvgIpc) is 2.50. The molecule has 0 aromatic carbocycles. The zero-order chi connectivity index (χ0) is 7.94. The van der Waals surface area contributed by atoms with E-state index in [9.17, 15) is 0 Å². The normalized spacial score (nSPS) is 15.0. The quantitative estimate of drug-likeness (QED) is 0.552. The fraction of sp³-hybridized carbons (Fsp3) is 0.714. The number of unbranched alkanes of at least 4 members (excludes halogenated alkanes) is 1. The molecule has 0 aromatic rings. The predicted molar refractivity (Wildman–Crippen MR) is 43.2 cm³/mol. The van der Waals surface area contributed by atoms with Gasteiger partial charge in [-0.3, -0.25) is 4.99 Å². The van der Waals surface area contributed by atoms with Gasteiger partial charge in [-0.25, -0.2) is 0 Å². The summed E-state index contributed by atoms with van der Waals surface area (Å²) in [5, 5.41) is 14.4. The van der Waals surface area contributed by atoms with Crippen molar-refractivity contribution in [1.29, 1.82) is 5.26 Å². The zero-order valence-electron chi connectivity index (χ0n) is 6.43. The molecule has 11 heavy (non-hydrogen) atoms. The second-order valence-corrected chi connectivity index (χ2v) is 2.35. The SMILES string of the molecule is N#CCCCNC1=NCCN1. The smallest absolute Gasteiger partial charge is 0.191 e. The molecule has 0 fully saturated rings. The van der Waals surface area contributed by atoms with Gasteiger partial charge >= 0.3 is 0 Å². The fourth-order valence-corrected chi connectivity index (χ4v) is 0.891. The molecule has 0 saturated heterocycles. The highest BCUT2D eigenvalue weighted by Gasteiger charge is 2.01. The zero-order valence-corrected chi connectivity index (χ0v) is 6.43. The molecular formula is C7H12N4. The van der Waals surface area contributed by atoms with Crippen LogP contribution in [0.1, 0.15) is 12.8 Å². The average molecular weight is 152 g/mol. The Balaban J connectivity index is 1.99. The molecule has 0 amide bonds. The Bertz CT molecular complexity index is 179. The van der Waals surface area contributed by atoms with E-state index in [1.54, 1.807) is 0 Å². The number of nitriles is 1. The summed E-state index contributed by atoms with van der Waals surface area (Å²) >= 11 is 0. The Hall–Kier alpha value is -1.24. The van der Waals surface area contributed by atoms with E-state index in [0.717, 1.165) is 32.0 Å². The fourth-order valence-electron chi connectivity index (χ4n) is 0.891. The van der Waals surface area contributed by atoms with Crippen LogP contribution < -0.4 is 10.6 Å². The maximum atomic E-state index is 8.23. The number of nitrogens with zero attached hydrogens (tertiary/aromatic N) is 2. The first-order valence-electron chi connectivity index (χ1n) is 3.82. The summed E-state index contributed by atoms with van der Waals surface area (Å²) in [7, 11) is 0. The summed E-state index contributed by atoms with van der Waals surface area (Å²) in [5.41, 5.74) is 0. The van der Waals surface area contributed by atoms with Crippen molar-refractivity contribution in [2.45, 2.75) is 12.8 Å². The van der Waals surface area contributed by atoms with Crippen LogP contribution in [-0.2, 0) is 0 Å². The van der Waals surface area contributed by atoms with Crippen LogP contribution in [0.5, 0.6) is 0 Å². The third-order valence-electron chi connectivity index (χ3n) is 1.43. The summed E-state index contributed by atoms with van der Waals surface area (Å²) in [5.74, 6) is 0.878. The van der Waals surface area contributed by atoms with E-state index in [-0.39, 0.29) is 0 Å². The van der Waals surface area contributed by atoms with Gasteiger partial charge in [0.2, 0.25) is 0 Å². The largest absolute Gasteiger partial charge is 0.356 e. The number of aliphatic imine (C=N–C) groups is 1. The van der Waals surface area contributed by atoms with Gasteiger partial charge in [-0.2, -0.15) is 5.26 Å². The van der Waals surface area contributed by atoms with E-state index in [0.29, 0.717) is 6.42 Å². The minimum Gasteiger partial charge on any atom is -0.356 e. The number of hydrogen-bond donors (Lipinski definition) is 2. The maximum absolute atomic E-state index is 8.23. The van der Waals surface area contributed by atoms with E-state index in [2.05, 4.69) is 21.7 Å². The molecular weight excluding hydrogens is 140 g/mol. The Morgan fingerprint density at radius 3 is 3.27 bits per heavy atom. The maximum Gasteiger partial charge on any atom is 0.191 e. The number of hydrogen-bond acceptors (Lipinski definition) is 4. The van der Waals surface area contributed by atoms with Crippen molar-refractivity contribution < 1.29 is 0 Å². The predicted octanol–water partition coefficient (Wildman–Crippen LogP) is -0.161. The van der Waals surface area contributed by atoms with Gasteiger partial charge in [-0.15, -0.1) is 0 Å². The highest BCUT2D eigenvalue weighted by atomic mass is 15.2.